The number of ether oxygens (including phenoxy) is 1. The Morgan fingerprint density at radius 3 is 2.74 bits per heavy atom. The van der Waals surface area contributed by atoms with Crippen molar-refractivity contribution in [2.24, 2.45) is 0 Å². The van der Waals surface area contributed by atoms with Crippen LogP contribution in [-0.4, -0.2) is 36.5 Å². The summed E-state index contributed by atoms with van der Waals surface area (Å²) in [6.45, 7) is 5.47. The highest BCUT2D eigenvalue weighted by molar-refractivity contribution is 5.84. The Hall–Kier alpha value is -2.01. The number of rotatable bonds is 2. The molecule has 1 saturated heterocycles. The molecule has 1 fully saturated rings. The summed E-state index contributed by atoms with van der Waals surface area (Å²) in [5.74, 6) is 0.610. The molecule has 1 aliphatic rings. The number of H-pyrrole nitrogens is 1. The van der Waals surface area contributed by atoms with Crippen LogP contribution in [0.1, 0.15) is 5.56 Å². The van der Waals surface area contributed by atoms with Crippen LogP contribution < -0.4 is 10.6 Å². The number of aromatic amines is 1. The number of hydrogen-bond acceptors (Lipinski definition) is 4. The van der Waals surface area contributed by atoms with Crippen molar-refractivity contribution < 1.29 is 4.74 Å². The molecule has 3 rings (SSSR count). The van der Waals surface area contributed by atoms with Crippen LogP contribution in [-0.2, 0) is 4.74 Å². The Bertz CT molecular complexity index is 573. The van der Waals surface area contributed by atoms with Gasteiger partial charge >= 0.3 is 0 Å². The molecule has 19 heavy (non-hydrogen) atoms. The van der Waals surface area contributed by atoms with Crippen molar-refractivity contribution in [3.8, 4) is 11.1 Å². The fourth-order valence-corrected chi connectivity index (χ4v) is 2.45. The maximum Gasteiger partial charge on any atom is 0.126 e. The van der Waals surface area contributed by atoms with Gasteiger partial charge in [-0.05, 0) is 18.6 Å². The number of nitrogens with one attached hydrogen (secondary N) is 1. The average Bonchev–Trinajstić information content (AvgIpc) is 2.86. The number of aryl methyl sites for hydroxylation is 1. The van der Waals surface area contributed by atoms with Crippen LogP contribution in [0.25, 0.3) is 11.1 Å². The van der Waals surface area contributed by atoms with E-state index in [2.05, 4.69) is 40.2 Å². The summed E-state index contributed by atoms with van der Waals surface area (Å²) in [4.78, 5) is 2.35. The number of hydrogen-bond donors (Lipinski definition) is 2. The maximum atomic E-state index is 5.95. The van der Waals surface area contributed by atoms with E-state index in [1.165, 1.54) is 11.3 Å². The molecule has 1 aliphatic heterocycles. The molecule has 0 saturated carbocycles. The van der Waals surface area contributed by atoms with E-state index < -0.39 is 0 Å². The first-order valence-electron chi connectivity index (χ1n) is 6.48. The molecule has 1 aromatic carbocycles. The summed E-state index contributed by atoms with van der Waals surface area (Å²) in [5, 5.41) is 6.81. The number of morpholine rings is 1. The molecule has 3 N–H and O–H groups in total. The van der Waals surface area contributed by atoms with E-state index in [0.717, 1.165) is 37.4 Å². The molecule has 0 radical (unpaired) electrons. The van der Waals surface area contributed by atoms with Gasteiger partial charge in [-0.25, -0.2) is 0 Å². The number of benzene rings is 1. The van der Waals surface area contributed by atoms with E-state index in [1.54, 1.807) is 6.20 Å². The molecular weight excluding hydrogens is 240 g/mol. The van der Waals surface area contributed by atoms with Gasteiger partial charge in [-0.2, -0.15) is 5.10 Å². The molecule has 2 aromatic rings. The van der Waals surface area contributed by atoms with Crippen molar-refractivity contribution in [3.05, 3.63) is 30.0 Å². The topological polar surface area (TPSA) is 67.2 Å². The summed E-state index contributed by atoms with van der Waals surface area (Å²) in [6.07, 6.45) is 1.78. The third-order valence-electron chi connectivity index (χ3n) is 3.46. The standard InChI is InChI=1S/C14H18N4O/c1-10-2-3-11(12-9-16-17-14(12)15)13(8-10)18-4-6-19-7-5-18/h2-3,8-9H,4-7H2,1H3,(H3,15,16,17). The predicted molar refractivity (Wildman–Crippen MR) is 76.2 cm³/mol. The lowest BCUT2D eigenvalue weighted by molar-refractivity contribution is 0.123. The van der Waals surface area contributed by atoms with Gasteiger partial charge in [0.05, 0.1) is 19.4 Å². The van der Waals surface area contributed by atoms with Crippen LogP contribution >= 0.6 is 0 Å². The zero-order valence-corrected chi connectivity index (χ0v) is 11.0. The van der Waals surface area contributed by atoms with Gasteiger partial charge in [-0.1, -0.05) is 12.1 Å². The van der Waals surface area contributed by atoms with E-state index in [4.69, 9.17) is 10.5 Å². The molecule has 0 amide bonds. The minimum atomic E-state index is 0.610. The molecule has 0 atom stereocenters. The lowest BCUT2D eigenvalue weighted by Crippen LogP contribution is -2.36. The summed E-state index contributed by atoms with van der Waals surface area (Å²) in [6, 6.07) is 6.42. The Morgan fingerprint density at radius 2 is 2.05 bits per heavy atom. The highest BCUT2D eigenvalue weighted by Gasteiger charge is 2.17. The lowest BCUT2D eigenvalue weighted by Gasteiger charge is -2.30. The van der Waals surface area contributed by atoms with E-state index >= 15 is 0 Å². The number of anilines is 2. The van der Waals surface area contributed by atoms with Gasteiger partial charge in [0.2, 0.25) is 0 Å². The van der Waals surface area contributed by atoms with Crippen LogP contribution in [0.4, 0.5) is 11.5 Å². The monoisotopic (exact) mass is 258 g/mol. The van der Waals surface area contributed by atoms with Crippen LogP contribution in [0.5, 0.6) is 0 Å². The van der Waals surface area contributed by atoms with Crippen molar-refractivity contribution in [1.29, 1.82) is 0 Å². The first-order valence-corrected chi connectivity index (χ1v) is 6.48. The van der Waals surface area contributed by atoms with E-state index in [0.29, 0.717) is 5.82 Å². The minimum absolute atomic E-state index is 0.610. The molecule has 2 heterocycles. The molecule has 1 aromatic heterocycles. The highest BCUT2D eigenvalue weighted by Crippen LogP contribution is 2.34. The fourth-order valence-electron chi connectivity index (χ4n) is 2.45. The second-order valence-electron chi connectivity index (χ2n) is 4.82. The first kappa shape index (κ1) is 12.0. The third kappa shape index (κ3) is 2.29. The molecule has 0 aliphatic carbocycles. The normalized spacial score (nSPS) is 15.7. The van der Waals surface area contributed by atoms with Crippen molar-refractivity contribution in [2.75, 3.05) is 36.9 Å². The Morgan fingerprint density at radius 1 is 1.26 bits per heavy atom. The van der Waals surface area contributed by atoms with Gasteiger partial charge in [0.1, 0.15) is 5.82 Å². The van der Waals surface area contributed by atoms with Crippen LogP contribution in [0.2, 0.25) is 0 Å². The summed E-state index contributed by atoms with van der Waals surface area (Å²) in [7, 11) is 0. The van der Waals surface area contributed by atoms with Crippen molar-refractivity contribution in [3.63, 3.8) is 0 Å². The Balaban J connectivity index is 2.06. The Labute approximate surface area is 112 Å². The zero-order chi connectivity index (χ0) is 13.2. The largest absolute Gasteiger partial charge is 0.384 e. The first-order chi connectivity index (χ1) is 9.25. The van der Waals surface area contributed by atoms with Crippen LogP contribution in [0, 0.1) is 6.92 Å². The second-order valence-corrected chi connectivity index (χ2v) is 4.82. The van der Waals surface area contributed by atoms with Gasteiger partial charge in [0.25, 0.3) is 0 Å². The second kappa shape index (κ2) is 4.93. The number of nitrogens with zero attached hydrogens (tertiary/aromatic N) is 2. The molecule has 0 spiro atoms. The van der Waals surface area contributed by atoms with E-state index in [9.17, 15) is 0 Å². The smallest absolute Gasteiger partial charge is 0.126 e. The number of nitrogens with two attached hydrogens (primary N) is 1. The lowest BCUT2D eigenvalue weighted by atomic mass is 10.0. The average molecular weight is 258 g/mol. The zero-order valence-electron chi connectivity index (χ0n) is 11.0. The Kier molecular flexibility index (Phi) is 3.13. The van der Waals surface area contributed by atoms with Crippen molar-refractivity contribution in [1.82, 2.24) is 10.2 Å². The highest BCUT2D eigenvalue weighted by atomic mass is 16.5. The van der Waals surface area contributed by atoms with Gasteiger partial charge in [-0.3, -0.25) is 5.10 Å². The van der Waals surface area contributed by atoms with Gasteiger partial charge in [0, 0.05) is 29.9 Å². The van der Waals surface area contributed by atoms with Gasteiger partial charge in [-0.15, -0.1) is 0 Å². The molecule has 5 heteroatoms. The SMILES string of the molecule is Cc1ccc(-c2cn[nH]c2N)c(N2CCOCC2)c1. The minimum Gasteiger partial charge on any atom is -0.384 e. The number of aromatic nitrogens is 2. The van der Waals surface area contributed by atoms with Gasteiger partial charge < -0.3 is 15.4 Å². The van der Waals surface area contributed by atoms with Crippen molar-refractivity contribution >= 4 is 11.5 Å². The summed E-state index contributed by atoms with van der Waals surface area (Å²) < 4.78 is 5.42. The maximum absolute atomic E-state index is 5.95. The van der Waals surface area contributed by atoms with Gasteiger partial charge in [0.15, 0.2) is 0 Å². The molecular formula is C14H18N4O. The summed E-state index contributed by atoms with van der Waals surface area (Å²) in [5.41, 5.74) is 10.5. The molecule has 100 valence electrons. The van der Waals surface area contributed by atoms with Crippen molar-refractivity contribution in [2.45, 2.75) is 6.92 Å². The molecule has 5 nitrogen and oxygen atoms in total. The summed E-state index contributed by atoms with van der Waals surface area (Å²) >= 11 is 0. The molecule has 0 bridgehead atoms. The quantitative estimate of drug-likeness (QED) is 0.862. The number of nitrogen functional groups attached to an aromatic ring is 1. The predicted octanol–water partition coefficient (Wildman–Crippen LogP) is 1.80. The third-order valence-corrected chi connectivity index (χ3v) is 3.46. The fraction of sp³-hybridized carbons (Fsp3) is 0.357. The molecule has 0 unspecified atom stereocenters. The van der Waals surface area contributed by atoms with E-state index in [-0.39, 0.29) is 0 Å². The van der Waals surface area contributed by atoms with Crippen LogP contribution in [0.3, 0.4) is 0 Å². The van der Waals surface area contributed by atoms with Crippen LogP contribution in [0.15, 0.2) is 24.4 Å². The van der Waals surface area contributed by atoms with E-state index in [1.807, 2.05) is 0 Å².